The molecule has 0 radical (unpaired) electrons. The normalized spacial score (nSPS) is 10.6. The van der Waals surface area contributed by atoms with E-state index >= 15 is 0 Å². The summed E-state index contributed by atoms with van der Waals surface area (Å²) in [7, 11) is 1.63. The molecule has 0 aliphatic carbocycles. The van der Waals surface area contributed by atoms with Gasteiger partial charge in [0.15, 0.2) is 5.52 Å². The number of benzene rings is 2. The smallest absolute Gasteiger partial charge is 0.295 e. The quantitative estimate of drug-likeness (QED) is 0.565. The van der Waals surface area contributed by atoms with E-state index in [0.717, 1.165) is 28.1 Å². The molecule has 122 valence electrons. The molecule has 0 amide bonds. The van der Waals surface area contributed by atoms with Crippen LogP contribution in [0.25, 0.3) is 10.9 Å². The molecule has 0 fully saturated rings. The number of hydrogen-bond donors (Lipinski definition) is 1. The Morgan fingerprint density at radius 3 is 2.62 bits per heavy atom. The summed E-state index contributed by atoms with van der Waals surface area (Å²) in [5.74, 6) is 0.805. The Bertz CT molecular complexity index is 892. The predicted molar refractivity (Wildman–Crippen MR) is 93.5 cm³/mol. The Morgan fingerprint density at radius 2 is 1.96 bits per heavy atom. The van der Waals surface area contributed by atoms with Crippen LogP contribution in [0.5, 0.6) is 5.75 Å². The monoisotopic (exact) mass is 323 g/mol. The number of hydrogen-bond acceptors (Lipinski definition) is 5. The maximum absolute atomic E-state index is 11.2. The van der Waals surface area contributed by atoms with Crippen LogP contribution >= 0.6 is 0 Å². The number of nitrogens with zero attached hydrogens (tertiary/aromatic N) is 2. The van der Waals surface area contributed by atoms with Gasteiger partial charge in [-0.15, -0.1) is 0 Å². The van der Waals surface area contributed by atoms with Gasteiger partial charge < -0.3 is 10.1 Å². The van der Waals surface area contributed by atoms with Gasteiger partial charge in [0.1, 0.15) is 5.75 Å². The summed E-state index contributed by atoms with van der Waals surface area (Å²) < 4.78 is 5.15. The highest BCUT2D eigenvalue weighted by Gasteiger charge is 2.15. The summed E-state index contributed by atoms with van der Waals surface area (Å²) in [5.41, 5.74) is 3.07. The molecule has 0 saturated heterocycles. The molecule has 1 aromatic heterocycles. The summed E-state index contributed by atoms with van der Waals surface area (Å²) in [6.45, 7) is 2.43. The Hall–Kier alpha value is -3.15. The number of non-ortho nitro benzene ring substituents is 1. The molecule has 6 heteroatoms. The Balaban J connectivity index is 1.93. The fourth-order valence-corrected chi connectivity index (χ4v) is 2.60. The Morgan fingerprint density at radius 1 is 1.21 bits per heavy atom. The van der Waals surface area contributed by atoms with Crippen molar-refractivity contribution in [2.45, 2.75) is 13.5 Å². The number of fused-ring (bicyclic) bond motifs is 1. The zero-order valence-corrected chi connectivity index (χ0v) is 13.4. The number of aryl methyl sites for hydroxylation is 1. The fourth-order valence-electron chi connectivity index (χ4n) is 2.60. The molecule has 0 saturated carbocycles. The highest BCUT2D eigenvalue weighted by molar-refractivity contribution is 5.96. The number of nitro groups is 1. The van der Waals surface area contributed by atoms with Gasteiger partial charge in [-0.2, -0.15) is 0 Å². The average Bonchev–Trinajstić information content (AvgIpc) is 2.59. The molecule has 0 aliphatic rings. The maximum Gasteiger partial charge on any atom is 0.295 e. The van der Waals surface area contributed by atoms with E-state index in [4.69, 9.17) is 4.74 Å². The molecule has 0 bridgehead atoms. The van der Waals surface area contributed by atoms with Crippen LogP contribution in [0.3, 0.4) is 0 Å². The summed E-state index contributed by atoms with van der Waals surface area (Å²) in [4.78, 5) is 15.1. The van der Waals surface area contributed by atoms with E-state index < -0.39 is 4.92 Å². The molecule has 2 aromatic carbocycles. The molecule has 6 nitrogen and oxygen atoms in total. The fraction of sp³-hybridized carbons (Fsp3) is 0.167. The van der Waals surface area contributed by atoms with Crippen LogP contribution in [-0.2, 0) is 6.54 Å². The highest BCUT2D eigenvalue weighted by atomic mass is 16.6. The van der Waals surface area contributed by atoms with Crippen LogP contribution in [0, 0.1) is 17.0 Å². The second-order valence-electron chi connectivity index (χ2n) is 5.44. The molecule has 0 atom stereocenters. The number of anilines is 1. The summed E-state index contributed by atoms with van der Waals surface area (Å²) in [5, 5.41) is 15.3. The largest absolute Gasteiger partial charge is 0.497 e. The van der Waals surface area contributed by atoms with Crippen molar-refractivity contribution in [3.63, 3.8) is 0 Å². The maximum atomic E-state index is 11.2. The SMILES string of the molecule is COc1ccc(CNc2cc(C)nc3c([N+](=O)[O-])cccc23)cc1. The van der Waals surface area contributed by atoms with Gasteiger partial charge in [0.25, 0.3) is 5.69 Å². The van der Waals surface area contributed by atoms with Gasteiger partial charge in [0.2, 0.25) is 0 Å². The van der Waals surface area contributed by atoms with Crippen molar-refractivity contribution in [1.29, 1.82) is 0 Å². The third kappa shape index (κ3) is 3.12. The van der Waals surface area contributed by atoms with Crippen LogP contribution in [0.2, 0.25) is 0 Å². The molecular weight excluding hydrogens is 306 g/mol. The van der Waals surface area contributed by atoms with E-state index in [0.29, 0.717) is 12.1 Å². The van der Waals surface area contributed by atoms with Gasteiger partial charge in [-0.25, -0.2) is 4.98 Å². The lowest BCUT2D eigenvalue weighted by molar-refractivity contribution is -0.383. The van der Waals surface area contributed by atoms with Crippen LogP contribution in [0.4, 0.5) is 11.4 Å². The first-order valence-corrected chi connectivity index (χ1v) is 7.50. The van der Waals surface area contributed by atoms with E-state index in [1.54, 1.807) is 13.2 Å². The molecule has 3 aromatic rings. The number of rotatable bonds is 5. The lowest BCUT2D eigenvalue weighted by atomic mass is 10.1. The number of methoxy groups -OCH3 is 1. The molecule has 3 rings (SSSR count). The van der Waals surface area contributed by atoms with E-state index in [9.17, 15) is 10.1 Å². The zero-order chi connectivity index (χ0) is 17.1. The number of para-hydroxylation sites is 1. The van der Waals surface area contributed by atoms with Gasteiger partial charge >= 0.3 is 0 Å². The van der Waals surface area contributed by atoms with E-state index in [2.05, 4.69) is 10.3 Å². The minimum atomic E-state index is -0.401. The predicted octanol–water partition coefficient (Wildman–Crippen LogP) is 4.07. The van der Waals surface area contributed by atoms with E-state index in [1.807, 2.05) is 43.3 Å². The van der Waals surface area contributed by atoms with Gasteiger partial charge in [-0.1, -0.05) is 24.3 Å². The van der Waals surface area contributed by atoms with Gasteiger partial charge in [-0.05, 0) is 30.7 Å². The van der Waals surface area contributed by atoms with Crippen molar-refractivity contribution in [1.82, 2.24) is 4.98 Å². The summed E-state index contributed by atoms with van der Waals surface area (Å²) in [6, 6.07) is 14.6. The Labute approximate surface area is 139 Å². The molecule has 1 heterocycles. The standard InChI is InChI=1S/C18H17N3O3/c1-12-10-16(19-11-13-6-8-14(24-2)9-7-13)15-4-3-5-17(21(22)23)18(15)20-12/h3-10H,11H2,1-2H3,(H,19,20). The summed E-state index contributed by atoms with van der Waals surface area (Å²) >= 11 is 0. The van der Waals surface area contributed by atoms with Crippen LogP contribution < -0.4 is 10.1 Å². The zero-order valence-electron chi connectivity index (χ0n) is 13.4. The van der Waals surface area contributed by atoms with Gasteiger partial charge in [0.05, 0.1) is 12.0 Å². The van der Waals surface area contributed by atoms with Crippen LogP contribution in [0.1, 0.15) is 11.3 Å². The highest BCUT2D eigenvalue weighted by Crippen LogP contribution is 2.30. The second kappa shape index (κ2) is 6.54. The lowest BCUT2D eigenvalue weighted by Gasteiger charge is -2.11. The molecule has 0 unspecified atom stereocenters. The van der Waals surface area contributed by atoms with Crippen molar-refractivity contribution < 1.29 is 9.66 Å². The third-order valence-corrected chi connectivity index (χ3v) is 3.78. The third-order valence-electron chi connectivity index (χ3n) is 3.78. The van der Waals surface area contributed by atoms with Gasteiger partial charge in [-0.3, -0.25) is 10.1 Å². The van der Waals surface area contributed by atoms with E-state index in [1.165, 1.54) is 6.07 Å². The van der Waals surface area contributed by atoms with Crippen molar-refractivity contribution in [2.24, 2.45) is 0 Å². The first-order chi connectivity index (χ1) is 11.6. The number of ether oxygens (including phenoxy) is 1. The average molecular weight is 323 g/mol. The topological polar surface area (TPSA) is 77.3 Å². The minimum absolute atomic E-state index is 0.0173. The number of aromatic nitrogens is 1. The van der Waals surface area contributed by atoms with Crippen molar-refractivity contribution >= 4 is 22.3 Å². The second-order valence-corrected chi connectivity index (χ2v) is 5.44. The van der Waals surface area contributed by atoms with Crippen LogP contribution in [0.15, 0.2) is 48.5 Å². The lowest BCUT2D eigenvalue weighted by Crippen LogP contribution is -2.02. The number of nitro benzene ring substituents is 1. The summed E-state index contributed by atoms with van der Waals surface area (Å²) in [6.07, 6.45) is 0. The number of pyridine rings is 1. The first-order valence-electron chi connectivity index (χ1n) is 7.50. The minimum Gasteiger partial charge on any atom is -0.497 e. The van der Waals surface area contributed by atoms with Crippen molar-refractivity contribution in [3.8, 4) is 5.75 Å². The van der Waals surface area contributed by atoms with Crippen molar-refractivity contribution in [3.05, 3.63) is 69.9 Å². The number of nitrogens with one attached hydrogen (secondary N) is 1. The van der Waals surface area contributed by atoms with Crippen molar-refractivity contribution in [2.75, 3.05) is 12.4 Å². The van der Waals surface area contributed by atoms with Gasteiger partial charge in [0, 0.05) is 29.4 Å². The molecule has 0 spiro atoms. The Kier molecular flexibility index (Phi) is 4.29. The van der Waals surface area contributed by atoms with Crippen LogP contribution in [-0.4, -0.2) is 17.0 Å². The van der Waals surface area contributed by atoms with E-state index in [-0.39, 0.29) is 5.69 Å². The first kappa shape index (κ1) is 15.7. The molecule has 0 aliphatic heterocycles. The molecular formula is C18H17N3O3. The molecule has 24 heavy (non-hydrogen) atoms. The molecule has 1 N–H and O–H groups in total.